The molecule has 2 saturated heterocycles. The fourth-order valence-electron chi connectivity index (χ4n) is 5.62. The van der Waals surface area contributed by atoms with Gasteiger partial charge in [0.25, 0.3) is 0 Å². The summed E-state index contributed by atoms with van der Waals surface area (Å²) in [6.45, 7) is 17.6. The standard InChI is InChI=1S/C25H47N3O8Si2/c1-15(2)37(16(3)4)33-14-19-22(35-38(36-37,17(5)6)18(7)8)23(32-13-11-21(29)31-9)24(34-19)28-12-10-20(26)27-25(28)30/h10,12,15-20,22-24H,11,13-14,26H2,1-9H3,(H,27,30)/t19-,20?,22-,23?,24+/m0/s1. The molecule has 0 saturated carbocycles. The number of carbonyl (C=O) groups is 2. The van der Waals surface area contributed by atoms with E-state index in [2.05, 4.69) is 60.7 Å². The van der Waals surface area contributed by atoms with E-state index >= 15 is 0 Å². The highest BCUT2D eigenvalue weighted by atomic mass is 28.5. The maximum absolute atomic E-state index is 12.9. The molecule has 3 heterocycles. The van der Waals surface area contributed by atoms with Crippen molar-refractivity contribution >= 4 is 29.1 Å². The Bertz CT molecular complexity index is 856. The highest BCUT2D eigenvalue weighted by Crippen LogP contribution is 2.48. The second-order valence-electron chi connectivity index (χ2n) is 11.5. The molecule has 0 radical (unpaired) electrons. The Hall–Kier alpha value is -1.33. The highest BCUT2D eigenvalue weighted by molar-refractivity contribution is 6.84. The van der Waals surface area contributed by atoms with Crippen LogP contribution >= 0.6 is 0 Å². The molecule has 3 N–H and O–H groups in total. The quantitative estimate of drug-likeness (QED) is 0.315. The van der Waals surface area contributed by atoms with Crippen LogP contribution in [0.15, 0.2) is 12.3 Å². The van der Waals surface area contributed by atoms with Gasteiger partial charge in [-0.2, -0.15) is 0 Å². The maximum Gasteiger partial charge on any atom is 0.335 e. The molecule has 3 rings (SSSR count). The van der Waals surface area contributed by atoms with E-state index < -0.39 is 53.9 Å². The summed E-state index contributed by atoms with van der Waals surface area (Å²) in [6, 6.07) is -0.401. The number of rotatable bonds is 9. The Morgan fingerprint density at radius 2 is 1.71 bits per heavy atom. The number of amides is 2. The van der Waals surface area contributed by atoms with E-state index in [0.29, 0.717) is 0 Å². The molecule has 0 aromatic carbocycles. The van der Waals surface area contributed by atoms with Crippen LogP contribution in [0, 0.1) is 0 Å². The third-order valence-corrected chi connectivity index (χ3v) is 18.0. The van der Waals surface area contributed by atoms with E-state index in [1.54, 1.807) is 12.3 Å². The van der Waals surface area contributed by atoms with Gasteiger partial charge in [0.15, 0.2) is 6.23 Å². The minimum atomic E-state index is -2.96. The van der Waals surface area contributed by atoms with Crippen molar-refractivity contribution in [3.8, 4) is 0 Å². The number of methoxy groups -OCH3 is 1. The number of urea groups is 1. The highest BCUT2D eigenvalue weighted by Gasteiger charge is 2.62. The van der Waals surface area contributed by atoms with Gasteiger partial charge in [-0.15, -0.1) is 0 Å². The summed E-state index contributed by atoms with van der Waals surface area (Å²) >= 11 is 0. The number of nitrogens with one attached hydrogen (secondary N) is 1. The largest absolute Gasteiger partial charge is 0.469 e. The summed E-state index contributed by atoms with van der Waals surface area (Å²) < 4.78 is 38.8. The summed E-state index contributed by atoms with van der Waals surface area (Å²) in [7, 11) is -4.38. The lowest BCUT2D eigenvalue weighted by Crippen LogP contribution is -2.66. The molecule has 2 unspecified atom stereocenters. The number of carbonyl (C=O) groups excluding carboxylic acids is 2. The molecule has 2 amide bonds. The van der Waals surface area contributed by atoms with Gasteiger partial charge in [-0.3, -0.25) is 9.69 Å². The summed E-state index contributed by atoms with van der Waals surface area (Å²) in [4.78, 5) is 26.2. The molecule has 0 aliphatic carbocycles. The van der Waals surface area contributed by atoms with Gasteiger partial charge in [-0.1, -0.05) is 55.4 Å². The molecule has 3 aliphatic heterocycles. The Labute approximate surface area is 229 Å². The second kappa shape index (κ2) is 12.5. The third-order valence-electron chi connectivity index (χ3n) is 7.71. The zero-order chi connectivity index (χ0) is 28.4. The van der Waals surface area contributed by atoms with E-state index in [9.17, 15) is 9.59 Å². The first-order valence-electron chi connectivity index (χ1n) is 13.7. The number of nitrogens with zero attached hydrogens (tertiary/aromatic N) is 1. The Kier molecular flexibility index (Phi) is 10.2. The number of esters is 1. The Morgan fingerprint density at radius 1 is 1.11 bits per heavy atom. The van der Waals surface area contributed by atoms with Gasteiger partial charge in [-0.25, -0.2) is 4.79 Å². The van der Waals surface area contributed by atoms with E-state index in [1.807, 2.05) is 0 Å². The van der Waals surface area contributed by atoms with Crippen LogP contribution in [0.4, 0.5) is 4.79 Å². The number of fused-ring (bicyclic) bond motifs is 1. The van der Waals surface area contributed by atoms with Gasteiger partial charge in [-0.05, 0) is 28.2 Å². The SMILES string of the molecule is COC(=O)CCOC1[C@H]2O[Si](C(C)C)(C(C)C)O[Si](C(C)C)(C(C)C)OC[C@@H]2O[C@H]1N1C=CC(N)NC1=O. The average Bonchev–Trinajstić information content (AvgIpc) is 3.14. The van der Waals surface area contributed by atoms with Gasteiger partial charge in [0, 0.05) is 6.20 Å². The molecular weight excluding hydrogens is 526 g/mol. The maximum atomic E-state index is 12.9. The molecule has 3 aliphatic rings. The Morgan fingerprint density at radius 3 is 2.24 bits per heavy atom. The Balaban J connectivity index is 2.06. The van der Waals surface area contributed by atoms with E-state index in [-0.39, 0.29) is 47.8 Å². The van der Waals surface area contributed by atoms with E-state index in [4.69, 9.17) is 32.9 Å². The lowest BCUT2D eigenvalue weighted by molar-refractivity contribution is -0.143. The first-order chi connectivity index (χ1) is 17.8. The molecule has 0 bridgehead atoms. The zero-order valence-corrected chi connectivity index (χ0v) is 26.3. The van der Waals surface area contributed by atoms with Crippen LogP contribution in [0.1, 0.15) is 61.8 Å². The van der Waals surface area contributed by atoms with Crippen LogP contribution in [0.5, 0.6) is 0 Å². The first-order valence-corrected chi connectivity index (χ1v) is 17.6. The lowest BCUT2D eigenvalue weighted by Gasteiger charge is -2.51. The molecule has 0 aromatic heterocycles. The van der Waals surface area contributed by atoms with Gasteiger partial charge in [0.1, 0.15) is 18.3 Å². The topological polar surface area (TPSA) is 131 Å². The fraction of sp³-hybridized carbons (Fsp3) is 0.840. The van der Waals surface area contributed by atoms with E-state index in [1.165, 1.54) is 12.0 Å². The normalized spacial score (nSPS) is 30.9. The van der Waals surface area contributed by atoms with Crippen molar-refractivity contribution in [1.82, 2.24) is 10.2 Å². The molecular formula is C25H47N3O8Si2. The molecule has 38 heavy (non-hydrogen) atoms. The van der Waals surface area contributed by atoms with Crippen molar-refractivity contribution in [3.63, 3.8) is 0 Å². The molecule has 5 atom stereocenters. The van der Waals surface area contributed by atoms with Crippen molar-refractivity contribution in [3.05, 3.63) is 12.3 Å². The van der Waals surface area contributed by atoms with Crippen LogP contribution in [0.3, 0.4) is 0 Å². The predicted octanol–water partition coefficient (Wildman–Crippen LogP) is 3.44. The molecule has 218 valence electrons. The predicted molar refractivity (Wildman–Crippen MR) is 146 cm³/mol. The van der Waals surface area contributed by atoms with Gasteiger partial charge >= 0.3 is 29.1 Å². The van der Waals surface area contributed by atoms with Crippen molar-refractivity contribution < 1.29 is 36.8 Å². The van der Waals surface area contributed by atoms with Crippen molar-refractivity contribution in [2.75, 3.05) is 20.3 Å². The van der Waals surface area contributed by atoms with Crippen molar-refractivity contribution in [1.29, 1.82) is 0 Å². The summed E-state index contributed by atoms with van der Waals surface area (Å²) in [5, 5.41) is 2.70. The summed E-state index contributed by atoms with van der Waals surface area (Å²) in [5.41, 5.74) is 6.48. The monoisotopic (exact) mass is 573 g/mol. The molecule has 13 heteroatoms. The molecule has 0 spiro atoms. The van der Waals surface area contributed by atoms with Crippen LogP contribution in [0.25, 0.3) is 0 Å². The van der Waals surface area contributed by atoms with Gasteiger partial charge in [0.2, 0.25) is 0 Å². The number of nitrogens with two attached hydrogens (primary N) is 1. The molecule has 0 aromatic rings. The number of hydrogen-bond donors (Lipinski definition) is 2. The first kappa shape index (κ1) is 31.2. The van der Waals surface area contributed by atoms with Crippen LogP contribution in [-0.2, 0) is 32.0 Å². The third kappa shape index (κ3) is 6.04. The van der Waals surface area contributed by atoms with Crippen LogP contribution < -0.4 is 11.1 Å². The summed E-state index contributed by atoms with van der Waals surface area (Å²) in [6.07, 6.45) is 0.170. The van der Waals surface area contributed by atoms with E-state index in [0.717, 1.165) is 0 Å². The zero-order valence-electron chi connectivity index (χ0n) is 24.3. The van der Waals surface area contributed by atoms with Crippen molar-refractivity contribution in [2.45, 2.75) is 115 Å². The van der Waals surface area contributed by atoms with Gasteiger partial charge < -0.3 is 38.2 Å². The van der Waals surface area contributed by atoms with Crippen LogP contribution in [0.2, 0.25) is 22.2 Å². The van der Waals surface area contributed by atoms with Crippen LogP contribution in [-0.4, -0.2) is 85.1 Å². The molecule has 2 fully saturated rings. The van der Waals surface area contributed by atoms with Crippen molar-refractivity contribution in [2.24, 2.45) is 5.73 Å². The average molecular weight is 574 g/mol. The fourth-order valence-corrected chi connectivity index (χ4v) is 16.8. The second-order valence-corrected chi connectivity index (χ2v) is 20.4. The lowest BCUT2D eigenvalue weighted by atomic mass is 10.1. The van der Waals surface area contributed by atoms with Gasteiger partial charge in [0.05, 0.1) is 32.9 Å². The number of ether oxygens (including phenoxy) is 3. The smallest absolute Gasteiger partial charge is 0.335 e. The summed E-state index contributed by atoms with van der Waals surface area (Å²) in [5.74, 6) is -0.387. The minimum Gasteiger partial charge on any atom is -0.469 e. The minimum absolute atomic E-state index is 0.0602. The number of hydrogen-bond acceptors (Lipinski definition) is 9. The molecule has 11 nitrogen and oxygen atoms in total.